The molecular weight excluding hydrogens is 336 g/mol. The van der Waals surface area contributed by atoms with E-state index in [4.69, 9.17) is 0 Å². The van der Waals surface area contributed by atoms with Gasteiger partial charge in [-0.3, -0.25) is 4.79 Å². The third kappa shape index (κ3) is 3.13. The van der Waals surface area contributed by atoms with Crippen molar-refractivity contribution in [1.82, 2.24) is 15.2 Å². The van der Waals surface area contributed by atoms with E-state index in [1.54, 1.807) is 5.51 Å². The molecule has 0 aliphatic rings. The van der Waals surface area contributed by atoms with E-state index in [0.29, 0.717) is 5.13 Å². The summed E-state index contributed by atoms with van der Waals surface area (Å²) in [4.78, 5) is 16.8. The molecule has 1 N–H and O–H groups in total. The SMILES string of the molecule is Cc1ccc(C)c2sc(NC(=O)[C@@H](C)Sc3nncs3)nc12. The highest BCUT2D eigenvalue weighted by molar-refractivity contribution is 8.02. The second-order valence-electron chi connectivity index (χ2n) is 4.85. The van der Waals surface area contributed by atoms with Gasteiger partial charge in [-0.1, -0.05) is 46.6 Å². The van der Waals surface area contributed by atoms with Crippen molar-refractivity contribution < 1.29 is 4.79 Å². The first kappa shape index (κ1) is 15.4. The molecule has 8 heteroatoms. The van der Waals surface area contributed by atoms with Crippen LogP contribution in [0.4, 0.5) is 5.13 Å². The van der Waals surface area contributed by atoms with E-state index >= 15 is 0 Å². The van der Waals surface area contributed by atoms with Crippen LogP contribution in [-0.2, 0) is 4.79 Å². The van der Waals surface area contributed by atoms with Gasteiger partial charge in [0.25, 0.3) is 0 Å². The smallest absolute Gasteiger partial charge is 0.239 e. The number of aryl methyl sites for hydroxylation is 2. The Hall–Kier alpha value is -1.51. The molecular formula is C14H14N4OS3. The van der Waals surface area contributed by atoms with Crippen molar-refractivity contribution in [2.75, 3.05) is 5.32 Å². The molecule has 5 nitrogen and oxygen atoms in total. The quantitative estimate of drug-likeness (QED) is 0.723. The number of thiazole rings is 1. The molecule has 0 fully saturated rings. The van der Waals surface area contributed by atoms with Crippen LogP contribution in [0.2, 0.25) is 0 Å². The predicted molar refractivity (Wildman–Crippen MR) is 93.0 cm³/mol. The van der Waals surface area contributed by atoms with Crippen molar-refractivity contribution in [1.29, 1.82) is 0 Å². The molecule has 0 unspecified atom stereocenters. The van der Waals surface area contributed by atoms with Crippen molar-refractivity contribution >= 4 is 55.7 Å². The number of amides is 1. The van der Waals surface area contributed by atoms with Crippen molar-refractivity contribution in [3.63, 3.8) is 0 Å². The Kier molecular flexibility index (Phi) is 4.42. The minimum atomic E-state index is -0.248. The molecule has 0 saturated carbocycles. The molecule has 0 aliphatic carbocycles. The molecule has 1 atom stereocenters. The molecule has 0 radical (unpaired) electrons. The number of hydrogen-bond acceptors (Lipinski definition) is 7. The molecule has 114 valence electrons. The Morgan fingerprint density at radius 3 is 2.77 bits per heavy atom. The summed E-state index contributed by atoms with van der Waals surface area (Å²) in [6.45, 7) is 5.94. The molecule has 22 heavy (non-hydrogen) atoms. The lowest BCUT2D eigenvalue weighted by Gasteiger charge is -2.07. The first-order valence-corrected chi connectivity index (χ1v) is 9.22. The Morgan fingerprint density at radius 2 is 2.09 bits per heavy atom. The highest BCUT2D eigenvalue weighted by Crippen LogP contribution is 2.31. The summed E-state index contributed by atoms with van der Waals surface area (Å²) in [5.74, 6) is -0.0745. The molecule has 3 rings (SSSR count). The van der Waals surface area contributed by atoms with Gasteiger partial charge in [0.1, 0.15) is 5.51 Å². The van der Waals surface area contributed by atoms with Gasteiger partial charge in [-0.05, 0) is 31.9 Å². The minimum absolute atomic E-state index is 0.0745. The monoisotopic (exact) mass is 350 g/mol. The number of anilines is 1. The summed E-state index contributed by atoms with van der Waals surface area (Å²) in [6, 6.07) is 4.13. The number of hydrogen-bond donors (Lipinski definition) is 1. The Labute approximate surface area is 140 Å². The largest absolute Gasteiger partial charge is 0.301 e. The number of carbonyl (C=O) groups is 1. The maximum atomic E-state index is 12.3. The van der Waals surface area contributed by atoms with Gasteiger partial charge in [0, 0.05) is 0 Å². The summed E-state index contributed by atoms with van der Waals surface area (Å²) in [6.07, 6.45) is 0. The van der Waals surface area contributed by atoms with Gasteiger partial charge in [0.05, 0.1) is 15.5 Å². The molecule has 2 heterocycles. The van der Waals surface area contributed by atoms with Crippen LogP contribution in [0.15, 0.2) is 22.0 Å². The number of nitrogens with zero attached hydrogens (tertiary/aromatic N) is 3. The fourth-order valence-corrected chi connectivity index (χ4v) is 4.58. The zero-order valence-corrected chi connectivity index (χ0v) is 14.7. The lowest BCUT2D eigenvalue weighted by atomic mass is 10.1. The maximum Gasteiger partial charge on any atom is 0.239 e. The average molecular weight is 350 g/mol. The van der Waals surface area contributed by atoms with Crippen LogP contribution in [-0.4, -0.2) is 26.3 Å². The zero-order valence-electron chi connectivity index (χ0n) is 12.3. The van der Waals surface area contributed by atoms with Gasteiger partial charge in [-0.25, -0.2) is 4.98 Å². The second-order valence-corrected chi connectivity index (χ2v) is 8.27. The predicted octanol–water partition coefficient (Wildman–Crippen LogP) is 3.88. The highest BCUT2D eigenvalue weighted by atomic mass is 32.2. The molecule has 2 aromatic heterocycles. The lowest BCUT2D eigenvalue weighted by Crippen LogP contribution is -2.22. The van der Waals surface area contributed by atoms with Gasteiger partial charge in [0.2, 0.25) is 5.91 Å². The van der Waals surface area contributed by atoms with Crippen LogP contribution in [0.1, 0.15) is 18.1 Å². The van der Waals surface area contributed by atoms with Gasteiger partial charge in [0.15, 0.2) is 9.47 Å². The molecule has 1 amide bonds. The standard InChI is InChI=1S/C14H14N4OS3/c1-7-4-5-8(2)11-10(7)16-13(22-11)17-12(19)9(3)21-14-18-15-6-20-14/h4-6,9H,1-3H3,(H,16,17,19)/t9-/m1/s1. The average Bonchev–Trinajstić information content (AvgIpc) is 3.13. The van der Waals surface area contributed by atoms with Crippen molar-refractivity contribution in [3.8, 4) is 0 Å². The summed E-state index contributed by atoms with van der Waals surface area (Å²) >= 11 is 4.34. The van der Waals surface area contributed by atoms with Crippen LogP contribution in [0.25, 0.3) is 10.2 Å². The fraction of sp³-hybridized carbons (Fsp3) is 0.286. The zero-order chi connectivity index (χ0) is 15.7. The van der Waals surface area contributed by atoms with Gasteiger partial charge >= 0.3 is 0 Å². The van der Waals surface area contributed by atoms with Crippen LogP contribution in [0.5, 0.6) is 0 Å². The third-order valence-electron chi connectivity index (χ3n) is 3.16. The van der Waals surface area contributed by atoms with Crippen molar-refractivity contribution in [2.24, 2.45) is 0 Å². The van der Waals surface area contributed by atoms with E-state index in [1.165, 1.54) is 40.0 Å². The molecule has 1 aromatic carbocycles. The first-order chi connectivity index (χ1) is 10.5. The first-order valence-electron chi connectivity index (χ1n) is 6.65. The van der Waals surface area contributed by atoms with E-state index in [-0.39, 0.29) is 11.2 Å². The van der Waals surface area contributed by atoms with Gasteiger partial charge in [-0.2, -0.15) is 0 Å². The number of thioether (sulfide) groups is 1. The third-order valence-corrected chi connectivity index (χ3v) is 6.18. The summed E-state index contributed by atoms with van der Waals surface area (Å²) < 4.78 is 1.92. The van der Waals surface area contributed by atoms with E-state index in [9.17, 15) is 4.79 Å². The van der Waals surface area contributed by atoms with E-state index in [2.05, 4.69) is 39.6 Å². The van der Waals surface area contributed by atoms with Crippen molar-refractivity contribution in [3.05, 3.63) is 28.8 Å². The molecule has 0 aliphatic heterocycles. The minimum Gasteiger partial charge on any atom is -0.301 e. The van der Waals surface area contributed by atoms with E-state index in [0.717, 1.165) is 20.1 Å². The maximum absolute atomic E-state index is 12.3. The number of carbonyl (C=O) groups excluding carboxylic acids is 1. The molecule has 0 saturated heterocycles. The summed E-state index contributed by atoms with van der Waals surface area (Å²) in [7, 11) is 0. The number of rotatable bonds is 4. The van der Waals surface area contributed by atoms with Crippen LogP contribution in [0.3, 0.4) is 0 Å². The lowest BCUT2D eigenvalue weighted by molar-refractivity contribution is -0.115. The normalized spacial score (nSPS) is 12.5. The summed E-state index contributed by atoms with van der Waals surface area (Å²) in [5, 5.41) is 11.0. The Morgan fingerprint density at radius 1 is 1.32 bits per heavy atom. The molecule has 0 spiro atoms. The number of nitrogens with one attached hydrogen (secondary N) is 1. The van der Waals surface area contributed by atoms with Crippen LogP contribution in [0, 0.1) is 13.8 Å². The van der Waals surface area contributed by atoms with Crippen LogP contribution >= 0.6 is 34.4 Å². The number of fused-ring (bicyclic) bond motifs is 1. The van der Waals surface area contributed by atoms with Crippen molar-refractivity contribution in [2.45, 2.75) is 30.4 Å². The summed E-state index contributed by atoms with van der Waals surface area (Å²) in [5.41, 5.74) is 4.92. The Balaban J connectivity index is 1.76. The van der Waals surface area contributed by atoms with Gasteiger partial charge in [-0.15, -0.1) is 10.2 Å². The van der Waals surface area contributed by atoms with Gasteiger partial charge < -0.3 is 5.32 Å². The van der Waals surface area contributed by atoms with E-state index < -0.39 is 0 Å². The fourth-order valence-electron chi connectivity index (χ4n) is 1.94. The Bertz CT molecular complexity index is 774. The molecule has 0 bridgehead atoms. The second kappa shape index (κ2) is 6.31. The highest BCUT2D eigenvalue weighted by Gasteiger charge is 2.18. The topological polar surface area (TPSA) is 67.8 Å². The number of aromatic nitrogens is 3. The van der Waals surface area contributed by atoms with Crippen LogP contribution < -0.4 is 5.32 Å². The van der Waals surface area contributed by atoms with E-state index in [1.807, 2.05) is 13.8 Å². The molecule has 3 aromatic rings. The number of benzene rings is 1.